The normalized spacial score (nSPS) is 11.3. The molecule has 1 aromatic carbocycles. The average Bonchev–Trinajstić information content (AvgIpc) is 2.16. The molecule has 4 heteroatoms. The largest absolute Gasteiger partial charge is 0.383 e. The fourth-order valence-corrected chi connectivity index (χ4v) is 1.42. The molecule has 15 heavy (non-hydrogen) atoms. The highest BCUT2D eigenvalue weighted by Gasteiger charge is 2.13. The first kappa shape index (κ1) is 11.2. The monoisotopic (exact) mass is 206 g/mol. The van der Waals surface area contributed by atoms with E-state index >= 15 is 0 Å². The summed E-state index contributed by atoms with van der Waals surface area (Å²) in [5.41, 5.74) is 1.69. The molecule has 0 atom stereocenters. The summed E-state index contributed by atoms with van der Waals surface area (Å²) >= 11 is 0. The summed E-state index contributed by atoms with van der Waals surface area (Å²) in [6.45, 7) is 1.86. The fourth-order valence-electron chi connectivity index (χ4n) is 1.42. The van der Waals surface area contributed by atoms with Crippen LogP contribution in [-0.4, -0.2) is 23.9 Å². The Kier molecular flexibility index (Phi) is 3.44. The minimum Gasteiger partial charge on any atom is -0.383 e. The number of benzene rings is 1. The third-order valence-electron chi connectivity index (χ3n) is 1.98. The van der Waals surface area contributed by atoms with Crippen molar-refractivity contribution in [3.8, 4) is 0 Å². The van der Waals surface area contributed by atoms with E-state index in [-0.39, 0.29) is 10.6 Å². The smallest absolute Gasteiger partial charge is 0.276 e. The van der Waals surface area contributed by atoms with Gasteiger partial charge in [-0.1, -0.05) is 12.1 Å². The minimum absolute atomic E-state index is 0.146. The predicted octanol–water partition coefficient (Wildman–Crippen LogP) is 2.52. The van der Waals surface area contributed by atoms with Gasteiger partial charge in [0.25, 0.3) is 5.69 Å². The fraction of sp³-hybridized carbons (Fsp3) is 0.273. The molecule has 0 amide bonds. The SMILES string of the molecule is C/C(=C\N(C)C)c1ccccc1[N+](=O)[O-]. The molecule has 0 unspecified atom stereocenters. The van der Waals surface area contributed by atoms with Crippen LogP contribution in [0.5, 0.6) is 0 Å². The van der Waals surface area contributed by atoms with Crippen molar-refractivity contribution in [3.63, 3.8) is 0 Å². The molecule has 0 bridgehead atoms. The van der Waals surface area contributed by atoms with Gasteiger partial charge in [-0.25, -0.2) is 0 Å². The molecule has 0 N–H and O–H groups in total. The molecule has 0 fully saturated rings. The van der Waals surface area contributed by atoms with Gasteiger partial charge in [0.1, 0.15) is 0 Å². The zero-order valence-corrected chi connectivity index (χ0v) is 9.10. The van der Waals surface area contributed by atoms with Gasteiger partial charge in [0.15, 0.2) is 0 Å². The van der Waals surface area contributed by atoms with Gasteiger partial charge in [0, 0.05) is 26.4 Å². The van der Waals surface area contributed by atoms with Crippen LogP contribution < -0.4 is 0 Å². The molecule has 0 aromatic heterocycles. The summed E-state index contributed by atoms with van der Waals surface area (Å²) in [4.78, 5) is 12.3. The lowest BCUT2D eigenvalue weighted by Gasteiger charge is -2.08. The Balaban J connectivity index is 3.19. The molecule has 0 aliphatic heterocycles. The van der Waals surface area contributed by atoms with E-state index in [1.807, 2.05) is 32.1 Å². The molecule has 1 rings (SSSR count). The Morgan fingerprint density at radius 2 is 2.00 bits per heavy atom. The lowest BCUT2D eigenvalue weighted by Crippen LogP contribution is -2.02. The maximum atomic E-state index is 10.8. The first-order valence-corrected chi connectivity index (χ1v) is 4.61. The summed E-state index contributed by atoms with van der Waals surface area (Å²) in [5.74, 6) is 0. The van der Waals surface area contributed by atoms with Crippen LogP contribution in [0, 0.1) is 10.1 Å². The lowest BCUT2D eigenvalue weighted by molar-refractivity contribution is -0.385. The van der Waals surface area contributed by atoms with Gasteiger partial charge in [-0.15, -0.1) is 0 Å². The van der Waals surface area contributed by atoms with Crippen molar-refractivity contribution >= 4 is 11.3 Å². The minimum atomic E-state index is -0.359. The van der Waals surface area contributed by atoms with Crippen LogP contribution in [-0.2, 0) is 0 Å². The Bertz CT molecular complexity index is 397. The van der Waals surface area contributed by atoms with Crippen molar-refractivity contribution in [2.24, 2.45) is 0 Å². The number of nitro benzene ring substituents is 1. The van der Waals surface area contributed by atoms with E-state index in [9.17, 15) is 10.1 Å². The molecule has 0 aliphatic carbocycles. The lowest BCUT2D eigenvalue weighted by atomic mass is 10.1. The van der Waals surface area contributed by atoms with Gasteiger partial charge in [0.2, 0.25) is 0 Å². The predicted molar refractivity (Wildman–Crippen MR) is 60.4 cm³/mol. The van der Waals surface area contributed by atoms with Crippen LogP contribution >= 0.6 is 0 Å². The quantitative estimate of drug-likeness (QED) is 0.564. The molecule has 4 nitrogen and oxygen atoms in total. The molecule has 0 saturated heterocycles. The van der Waals surface area contributed by atoms with Crippen LogP contribution in [0.4, 0.5) is 5.69 Å². The number of para-hydroxylation sites is 1. The van der Waals surface area contributed by atoms with Crippen LogP contribution in [0.15, 0.2) is 30.5 Å². The summed E-state index contributed by atoms with van der Waals surface area (Å²) in [6, 6.07) is 6.75. The molecular formula is C11H14N2O2. The summed E-state index contributed by atoms with van der Waals surface area (Å²) in [6.07, 6.45) is 1.86. The van der Waals surface area contributed by atoms with E-state index in [0.717, 1.165) is 5.57 Å². The van der Waals surface area contributed by atoms with Crippen molar-refractivity contribution in [1.29, 1.82) is 0 Å². The molecule has 0 radical (unpaired) electrons. The second-order valence-electron chi connectivity index (χ2n) is 3.55. The zero-order chi connectivity index (χ0) is 11.4. The van der Waals surface area contributed by atoms with E-state index in [4.69, 9.17) is 0 Å². The van der Waals surface area contributed by atoms with Gasteiger partial charge in [-0.05, 0) is 18.6 Å². The van der Waals surface area contributed by atoms with E-state index in [0.29, 0.717) is 5.56 Å². The molecule has 0 heterocycles. The number of nitro groups is 1. The Morgan fingerprint density at radius 3 is 2.53 bits per heavy atom. The van der Waals surface area contributed by atoms with Gasteiger partial charge >= 0.3 is 0 Å². The van der Waals surface area contributed by atoms with Crippen LogP contribution in [0.25, 0.3) is 5.57 Å². The molecule has 0 spiro atoms. The van der Waals surface area contributed by atoms with Gasteiger partial charge in [-0.2, -0.15) is 0 Å². The number of hydrogen-bond acceptors (Lipinski definition) is 3. The molecule has 0 aliphatic rings. The summed E-state index contributed by atoms with van der Waals surface area (Å²) < 4.78 is 0. The molecule has 1 aromatic rings. The number of rotatable bonds is 3. The standard InChI is InChI=1S/C11H14N2O2/c1-9(8-12(2)3)10-6-4-5-7-11(10)13(14)15/h4-8H,1-3H3/b9-8+. The first-order valence-electron chi connectivity index (χ1n) is 4.61. The van der Waals surface area contributed by atoms with E-state index in [1.165, 1.54) is 6.07 Å². The third-order valence-corrected chi connectivity index (χ3v) is 1.98. The molecular weight excluding hydrogens is 192 g/mol. The zero-order valence-electron chi connectivity index (χ0n) is 9.10. The maximum absolute atomic E-state index is 10.8. The topological polar surface area (TPSA) is 46.4 Å². The third kappa shape index (κ3) is 2.80. The average molecular weight is 206 g/mol. The highest BCUT2D eigenvalue weighted by molar-refractivity contribution is 5.71. The van der Waals surface area contributed by atoms with Gasteiger partial charge in [0.05, 0.1) is 10.5 Å². The second-order valence-corrected chi connectivity index (χ2v) is 3.55. The van der Waals surface area contributed by atoms with Crippen molar-refractivity contribution in [2.75, 3.05) is 14.1 Å². The van der Waals surface area contributed by atoms with Crippen LogP contribution in [0.3, 0.4) is 0 Å². The maximum Gasteiger partial charge on any atom is 0.276 e. The number of allylic oxidation sites excluding steroid dienone is 1. The van der Waals surface area contributed by atoms with E-state index in [2.05, 4.69) is 0 Å². The Morgan fingerprint density at radius 1 is 1.40 bits per heavy atom. The number of nitrogens with zero attached hydrogens (tertiary/aromatic N) is 2. The number of hydrogen-bond donors (Lipinski definition) is 0. The summed E-state index contributed by atoms with van der Waals surface area (Å²) in [7, 11) is 3.77. The molecule has 80 valence electrons. The highest BCUT2D eigenvalue weighted by atomic mass is 16.6. The Hall–Kier alpha value is -1.84. The molecule has 0 saturated carbocycles. The summed E-state index contributed by atoms with van der Waals surface area (Å²) in [5, 5.41) is 10.8. The van der Waals surface area contributed by atoms with Crippen molar-refractivity contribution < 1.29 is 4.92 Å². The van der Waals surface area contributed by atoms with Crippen LogP contribution in [0.2, 0.25) is 0 Å². The Labute approximate surface area is 89.0 Å². The van der Waals surface area contributed by atoms with E-state index < -0.39 is 0 Å². The van der Waals surface area contributed by atoms with E-state index in [1.54, 1.807) is 18.2 Å². The van der Waals surface area contributed by atoms with Crippen LogP contribution in [0.1, 0.15) is 12.5 Å². The first-order chi connectivity index (χ1) is 7.02. The van der Waals surface area contributed by atoms with Crippen molar-refractivity contribution in [2.45, 2.75) is 6.92 Å². The van der Waals surface area contributed by atoms with Gasteiger partial charge < -0.3 is 4.90 Å². The van der Waals surface area contributed by atoms with Crippen molar-refractivity contribution in [1.82, 2.24) is 4.90 Å². The van der Waals surface area contributed by atoms with Crippen molar-refractivity contribution in [3.05, 3.63) is 46.1 Å². The highest BCUT2D eigenvalue weighted by Crippen LogP contribution is 2.25. The second kappa shape index (κ2) is 4.59. The van der Waals surface area contributed by atoms with Gasteiger partial charge in [-0.3, -0.25) is 10.1 Å².